The average molecular weight is 282 g/mol. The lowest BCUT2D eigenvalue weighted by molar-refractivity contribution is -0.116. The number of amides is 1. The molecular formula is C18H22N2O. The maximum atomic E-state index is 12.0. The molecule has 2 aromatic carbocycles. The molecule has 0 heterocycles. The first-order chi connectivity index (χ1) is 10.0. The van der Waals surface area contributed by atoms with Crippen molar-refractivity contribution in [2.24, 2.45) is 5.73 Å². The van der Waals surface area contributed by atoms with E-state index < -0.39 is 0 Å². The number of nitrogens with one attached hydrogen (secondary N) is 1. The first-order valence-corrected chi connectivity index (χ1v) is 7.23. The van der Waals surface area contributed by atoms with Crippen molar-refractivity contribution >= 4 is 11.6 Å². The molecule has 1 atom stereocenters. The highest BCUT2D eigenvalue weighted by atomic mass is 16.1. The molecule has 0 aliphatic rings. The Balaban J connectivity index is 1.87. The van der Waals surface area contributed by atoms with E-state index in [1.807, 2.05) is 56.3 Å². The molecule has 21 heavy (non-hydrogen) atoms. The summed E-state index contributed by atoms with van der Waals surface area (Å²) in [6, 6.07) is 15.8. The molecule has 0 spiro atoms. The van der Waals surface area contributed by atoms with E-state index in [2.05, 4.69) is 11.4 Å². The molecule has 0 aliphatic heterocycles. The fourth-order valence-electron chi connectivity index (χ4n) is 2.42. The second-order valence-electron chi connectivity index (χ2n) is 5.48. The number of aryl methyl sites for hydroxylation is 2. The van der Waals surface area contributed by atoms with Crippen molar-refractivity contribution in [3.63, 3.8) is 0 Å². The summed E-state index contributed by atoms with van der Waals surface area (Å²) >= 11 is 0. The number of hydrogen-bond donors (Lipinski definition) is 2. The molecule has 2 rings (SSSR count). The second-order valence-corrected chi connectivity index (χ2v) is 5.48. The molecule has 3 heteroatoms. The molecule has 0 saturated carbocycles. The van der Waals surface area contributed by atoms with Gasteiger partial charge >= 0.3 is 0 Å². The highest BCUT2D eigenvalue weighted by Gasteiger charge is 2.09. The van der Waals surface area contributed by atoms with E-state index in [4.69, 9.17) is 5.73 Å². The van der Waals surface area contributed by atoms with E-state index >= 15 is 0 Å². The topological polar surface area (TPSA) is 55.1 Å². The Morgan fingerprint density at radius 2 is 1.71 bits per heavy atom. The molecule has 0 fully saturated rings. The zero-order valence-electron chi connectivity index (χ0n) is 12.6. The number of hydrogen-bond acceptors (Lipinski definition) is 2. The highest BCUT2D eigenvalue weighted by Crippen LogP contribution is 2.17. The minimum Gasteiger partial charge on any atom is -0.326 e. The second kappa shape index (κ2) is 7.04. The van der Waals surface area contributed by atoms with E-state index in [1.54, 1.807) is 0 Å². The number of anilines is 1. The van der Waals surface area contributed by atoms with Gasteiger partial charge in [-0.05, 0) is 49.1 Å². The van der Waals surface area contributed by atoms with E-state index in [0.29, 0.717) is 12.8 Å². The van der Waals surface area contributed by atoms with Gasteiger partial charge in [0.15, 0.2) is 0 Å². The molecule has 0 aromatic heterocycles. The van der Waals surface area contributed by atoms with Crippen molar-refractivity contribution in [2.75, 3.05) is 5.32 Å². The molecule has 110 valence electrons. The van der Waals surface area contributed by atoms with Crippen molar-refractivity contribution in [1.29, 1.82) is 0 Å². The largest absolute Gasteiger partial charge is 0.326 e. The van der Waals surface area contributed by atoms with Gasteiger partial charge in [0.2, 0.25) is 5.91 Å². The van der Waals surface area contributed by atoms with Gasteiger partial charge in [-0.1, -0.05) is 36.4 Å². The lowest BCUT2D eigenvalue weighted by atomic mass is 10.0. The summed E-state index contributed by atoms with van der Waals surface area (Å²) in [4.78, 5) is 12.0. The van der Waals surface area contributed by atoms with Gasteiger partial charge in [0.1, 0.15) is 0 Å². The number of rotatable bonds is 5. The van der Waals surface area contributed by atoms with Crippen LogP contribution in [0, 0.1) is 13.8 Å². The molecule has 0 aliphatic carbocycles. The van der Waals surface area contributed by atoms with Crippen molar-refractivity contribution in [3.05, 3.63) is 65.2 Å². The van der Waals surface area contributed by atoms with Crippen molar-refractivity contribution in [2.45, 2.75) is 32.7 Å². The van der Waals surface area contributed by atoms with Crippen LogP contribution in [0.1, 0.15) is 35.6 Å². The Kier molecular flexibility index (Phi) is 5.12. The first-order valence-electron chi connectivity index (χ1n) is 7.23. The SMILES string of the molecule is Cc1cc(C)cc(NC(=O)CCC(N)c2ccccc2)c1. The van der Waals surface area contributed by atoms with Crippen LogP contribution in [0.5, 0.6) is 0 Å². The Labute approximate surface area is 126 Å². The standard InChI is InChI=1S/C18H22N2O/c1-13-10-14(2)12-16(11-13)20-18(21)9-8-17(19)15-6-4-3-5-7-15/h3-7,10-12,17H,8-9,19H2,1-2H3,(H,20,21). The summed E-state index contributed by atoms with van der Waals surface area (Å²) < 4.78 is 0. The van der Waals surface area contributed by atoms with Crippen LogP contribution < -0.4 is 11.1 Å². The summed E-state index contributed by atoms with van der Waals surface area (Å²) in [7, 11) is 0. The Hall–Kier alpha value is -2.13. The molecule has 0 bridgehead atoms. The van der Waals surface area contributed by atoms with Crippen LogP contribution >= 0.6 is 0 Å². The van der Waals surface area contributed by atoms with Gasteiger partial charge < -0.3 is 11.1 Å². The van der Waals surface area contributed by atoms with Gasteiger partial charge in [-0.15, -0.1) is 0 Å². The summed E-state index contributed by atoms with van der Waals surface area (Å²) in [6.45, 7) is 4.04. The molecule has 1 amide bonds. The van der Waals surface area contributed by atoms with Gasteiger partial charge in [-0.25, -0.2) is 0 Å². The van der Waals surface area contributed by atoms with E-state index in [-0.39, 0.29) is 11.9 Å². The quantitative estimate of drug-likeness (QED) is 0.878. The van der Waals surface area contributed by atoms with Crippen molar-refractivity contribution in [1.82, 2.24) is 0 Å². The van der Waals surface area contributed by atoms with Crippen molar-refractivity contribution in [3.8, 4) is 0 Å². The van der Waals surface area contributed by atoms with Crippen LogP contribution in [0.3, 0.4) is 0 Å². The van der Waals surface area contributed by atoms with Gasteiger partial charge in [0, 0.05) is 18.2 Å². The van der Waals surface area contributed by atoms with E-state index in [9.17, 15) is 4.79 Å². The van der Waals surface area contributed by atoms with Crippen LogP contribution in [-0.2, 0) is 4.79 Å². The number of carbonyl (C=O) groups excluding carboxylic acids is 1. The minimum absolute atomic E-state index is 0.00591. The molecule has 0 saturated heterocycles. The lowest BCUT2D eigenvalue weighted by Crippen LogP contribution is -2.16. The Morgan fingerprint density at radius 3 is 2.33 bits per heavy atom. The Bertz CT molecular complexity index is 588. The van der Waals surface area contributed by atoms with Crippen LogP contribution in [0.4, 0.5) is 5.69 Å². The minimum atomic E-state index is -0.101. The zero-order valence-corrected chi connectivity index (χ0v) is 12.6. The van der Waals surface area contributed by atoms with Gasteiger partial charge in [-0.3, -0.25) is 4.79 Å². The summed E-state index contributed by atoms with van der Waals surface area (Å²) in [5.41, 5.74) is 10.3. The Morgan fingerprint density at radius 1 is 1.10 bits per heavy atom. The third kappa shape index (κ3) is 4.72. The maximum absolute atomic E-state index is 12.0. The third-order valence-electron chi connectivity index (χ3n) is 3.42. The number of nitrogens with two attached hydrogens (primary N) is 1. The summed E-state index contributed by atoms with van der Waals surface area (Å²) in [5.74, 6) is 0.00591. The van der Waals surface area contributed by atoms with E-state index in [0.717, 1.165) is 22.4 Å². The number of carbonyl (C=O) groups is 1. The van der Waals surface area contributed by atoms with Crippen LogP contribution in [-0.4, -0.2) is 5.91 Å². The fraction of sp³-hybridized carbons (Fsp3) is 0.278. The summed E-state index contributed by atoms with van der Waals surface area (Å²) in [6.07, 6.45) is 1.06. The molecule has 3 nitrogen and oxygen atoms in total. The molecule has 1 unspecified atom stereocenters. The van der Waals surface area contributed by atoms with Crippen LogP contribution in [0.15, 0.2) is 48.5 Å². The highest BCUT2D eigenvalue weighted by molar-refractivity contribution is 5.90. The molecule has 2 aromatic rings. The zero-order chi connectivity index (χ0) is 15.2. The van der Waals surface area contributed by atoms with Gasteiger partial charge in [0.05, 0.1) is 0 Å². The smallest absolute Gasteiger partial charge is 0.224 e. The van der Waals surface area contributed by atoms with Crippen LogP contribution in [0.25, 0.3) is 0 Å². The normalized spacial score (nSPS) is 12.0. The third-order valence-corrected chi connectivity index (χ3v) is 3.42. The first kappa shape index (κ1) is 15.3. The molecular weight excluding hydrogens is 260 g/mol. The predicted octanol–water partition coefficient (Wildman–Crippen LogP) is 3.72. The van der Waals surface area contributed by atoms with Gasteiger partial charge in [0.25, 0.3) is 0 Å². The van der Waals surface area contributed by atoms with Crippen LogP contribution in [0.2, 0.25) is 0 Å². The number of benzene rings is 2. The maximum Gasteiger partial charge on any atom is 0.224 e. The average Bonchev–Trinajstić information content (AvgIpc) is 2.44. The summed E-state index contributed by atoms with van der Waals surface area (Å²) in [5, 5.41) is 2.94. The fourth-order valence-corrected chi connectivity index (χ4v) is 2.42. The van der Waals surface area contributed by atoms with E-state index in [1.165, 1.54) is 0 Å². The molecule has 0 radical (unpaired) electrons. The lowest BCUT2D eigenvalue weighted by Gasteiger charge is -2.12. The monoisotopic (exact) mass is 282 g/mol. The van der Waals surface area contributed by atoms with Gasteiger partial charge in [-0.2, -0.15) is 0 Å². The molecule has 3 N–H and O–H groups in total. The van der Waals surface area contributed by atoms with Crippen molar-refractivity contribution < 1.29 is 4.79 Å². The predicted molar refractivity (Wildman–Crippen MR) is 87.2 cm³/mol.